The van der Waals surface area contributed by atoms with E-state index in [2.05, 4.69) is 22.6 Å². The van der Waals surface area contributed by atoms with Gasteiger partial charge < -0.3 is 9.64 Å². The Labute approximate surface area is 134 Å². The Bertz CT molecular complexity index is 728. The zero-order valence-electron chi connectivity index (χ0n) is 13.1. The van der Waals surface area contributed by atoms with Crippen molar-refractivity contribution in [3.63, 3.8) is 0 Å². The molecule has 0 unspecified atom stereocenters. The molecule has 5 heteroatoms. The first-order valence-electron chi connectivity index (χ1n) is 7.46. The summed E-state index contributed by atoms with van der Waals surface area (Å²) in [7, 11) is 0. The standard InChI is InChI=1S/C17H20N2O2S/c1-17(2,3)21-16(20)19-10-6-7-12(11-19)15-13-8-4-5-9-14(13)22-18-15/h4-5,7-9H,6,10-11H2,1-3H3. The highest BCUT2D eigenvalue weighted by Gasteiger charge is 2.25. The Hall–Kier alpha value is -1.88. The topological polar surface area (TPSA) is 42.4 Å². The fourth-order valence-corrected chi connectivity index (χ4v) is 3.32. The average molecular weight is 316 g/mol. The number of fused-ring (bicyclic) bond motifs is 1. The van der Waals surface area contributed by atoms with Crippen molar-refractivity contribution in [2.75, 3.05) is 13.1 Å². The molecule has 1 aromatic carbocycles. The van der Waals surface area contributed by atoms with Crippen molar-refractivity contribution in [1.82, 2.24) is 9.27 Å². The Kier molecular flexibility index (Phi) is 3.91. The summed E-state index contributed by atoms with van der Waals surface area (Å²) in [5, 5.41) is 1.16. The predicted molar refractivity (Wildman–Crippen MR) is 90.0 cm³/mol. The number of carbonyl (C=O) groups is 1. The van der Waals surface area contributed by atoms with Gasteiger partial charge in [0.25, 0.3) is 0 Å². The van der Waals surface area contributed by atoms with E-state index in [9.17, 15) is 4.79 Å². The smallest absolute Gasteiger partial charge is 0.410 e. The highest BCUT2D eigenvalue weighted by Crippen LogP contribution is 2.30. The summed E-state index contributed by atoms with van der Waals surface area (Å²) in [6.07, 6.45) is 2.76. The molecule has 0 radical (unpaired) electrons. The molecule has 2 heterocycles. The summed E-state index contributed by atoms with van der Waals surface area (Å²) in [6, 6.07) is 8.20. The van der Waals surface area contributed by atoms with Gasteiger partial charge in [-0.25, -0.2) is 4.79 Å². The van der Waals surface area contributed by atoms with Crippen molar-refractivity contribution >= 4 is 33.3 Å². The van der Waals surface area contributed by atoms with Crippen LogP contribution in [-0.2, 0) is 4.74 Å². The number of aromatic nitrogens is 1. The quantitative estimate of drug-likeness (QED) is 0.787. The van der Waals surface area contributed by atoms with Crippen molar-refractivity contribution in [2.45, 2.75) is 32.8 Å². The molecule has 0 aliphatic carbocycles. The lowest BCUT2D eigenvalue weighted by atomic mass is 10.0. The summed E-state index contributed by atoms with van der Waals surface area (Å²) in [6.45, 7) is 6.92. The third-order valence-electron chi connectivity index (χ3n) is 3.48. The zero-order chi connectivity index (χ0) is 15.7. The Morgan fingerprint density at radius 2 is 2.09 bits per heavy atom. The van der Waals surface area contributed by atoms with Crippen LogP contribution in [0, 0.1) is 0 Å². The molecule has 0 N–H and O–H groups in total. The number of hydrogen-bond acceptors (Lipinski definition) is 4. The highest BCUT2D eigenvalue weighted by atomic mass is 32.1. The van der Waals surface area contributed by atoms with Crippen LogP contribution in [0.2, 0.25) is 0 Å². The number of nitrogens with zero attached hydrogens (tertiary/aromatic N) is 2. The normalized spacial score (nSPS) is 15.8. The maximum atomic E-state index is 12.3. The maximum Gasteiger partial charge on any atom is 0.410 e. The van der Waals surface area contributed by atoms with Gasteiger partial charge in [0, 0.05) is 11.9 Å². The summed E-state index contributed by atoms with van der Waals surface area (Å²) < 4.78 is 11.2. The molecule has 3 rings (SSSR count). The van der Waals surface area contributed by atoms with E-state index in [1.165, 1.54) is 16.2 Å². The first-order valence-corrected chi connectivity index (χ1v) is 8.23. The molecule has 0 atom stereocenters. The van der Waals surface area contributed by atoms with E-state index in [0.29, 0.717) is 13.1 Å². The van der Waals surface area contributed by atoms with Crippen LogP contribution in [0.4, 0.5) is 4.79 Å². The largest absolute Gasteiger partial charge is 0.444 e. The van der Waals surface area contributed by atoms with Gasteiger partial charge in [0.2, 0.25) is 0 Å². The molecule has 0 fully saturated rings. The van der Waals surface area contributed by atoms with Crippen molar-refractivity contribution in [3.05, 3.63) is 36.0 Å². The van der Waals surface area contributed by atoms with Gasteiger partial charge in [-0.3, -0.25) is 0 Å². The van der Waals surface area contributed by atoms with Gasteiger partial charge in [-0.05, 0) is 50.4 Å². The maximum absolute atomic E-state index is 12.3. The Balaban J connectivity index is 1.81. The molecule has 0 spiro atoms. The SMILES string of the molecule is CC(C)(C)OC(=O)N1CCC=C(c2nsc3ccccc23)C1. The van der Waals surface area contributed by atoms with E-state index in [1.807, 2.05) is 32.9 Å². The fourth-order valence-electron chi connectivity index (χ4n) is 2.52. The monoisotopic (exact) mass is 316 g/mol. The van der Waals surface area contributed by atoms with Gasteiger partial charge >= 0.3 is 6.09 Å². The number of rotatable bonds is 1. The van der Waals surface area contributed by atoms with Gasteiger partial charge in [0.15, 0.2) is 0 Å². The van der Waals surface area contributed by atoms with E-state index in [-0.39, 0.29) is 6.09 Å². The van der Waals surface area contributed by atoms with Crippen LogP contribution >= 0.6 is 11.5 Å². The second-order valence-corrected chi connectivity index (χ2v) is 7.25. The third-order valence-corrected chi connectivity index (χ3v) is 4.31. The first-order chi connectivity index (χ1) is 10.4. The molecule has 116 valence electrons. The van der Waals surface area contributed by atoms with Crippen molar-refractivity contribution in [3.8, 4) is 0 Å². The van der Waals surface area contributed by atoms with E-state index < -0.39 is 5.60 Å². The van der Waals surface area contributed by atoms with Crippen LogP contribution < -0.4 is 0 Å². The molecule has 1 amide bonds. The second-order valence-electron chi connectivity index (χ2n) is 6.45. The number of benzene rings is 1. The van der Waals surface area contributed by atoms with Gasteiger partial charge in [-0.1, -0.05) is 24.3 Å². The van der Waals surface area contributed by atoms with E-state index in [1.54, 1.807) is 4.90 Å². The van der Waals surface area contributed by atoms with Crippen LogP contribution in [0.15, 0.2) is 30.3 Å². The Morgan fingerprint density at radius 1 is 1.32 bits per heavy atom. The summed E-state index contributed by atoms with van der Waals surface area (Å²) in [4.78, 5) is 14.0. The van der Waals surface area contributed by atoms with E-state index in [0.717, 1.165) is 23.1 Å². The summed E-state index contributed by atoms with van der Waals surface area (Å²) in [5.41, 5.74) is 1.63. The van der Waals surface area contributed by atoms with Crippen LogP contribution in [0.3, 0.4) is 0 Å². The number of carbonyl (C=O) groups excluding carboxylic acids is 1. The van der Waals surface area contributed by atoms with Gasteiger partial charge in [-0.2, -0.15) is 4.37 Å². The minimum atomic E-state index is -0.467. The molecule has 4 nitrogen and oxygen atoms in total. The molecule has 0 bridgehead atoms. The Morgan fingerprint density at radius 3 is 2.86 bits per heavy atom. The van der Waals surface area contributed by atoms with Crippen LogP contribution in [0.1, 0.15) is 32.9 Å². The lowest BCUT2D eigenvalue weighted by Gasteiger charge is -2.30. The van der Waals surface area contributed by atoms with Crippen molar-refractivity contribution in [1.29, 1.82) is 0 Å². The molecule has 22 heavy (non-hydrogen) atoms. The minimum Gasteiger partial charge on any atom is -0.444 e. The molecular formula is C17H20N2O2S. The lowest BCUT2D eigenvalue weighted by Crippen LogP contribution is -2.39. The van der Waals surface area contributed by atoms with Crippen LogP contribution in [0.5, 0.6) is 0 Å². The number of amides is 1. The first kappa shape index (κ1) is 15.0. The van der Waals surface area contributed by atoms with E-state index in [4.69, 9.17) is 4.74 Å². The fraction of sp³-hybridized carbons (Fsp3) is 0.412. The molecule has 0 saturated carbocycles. The summed E-state index contributed by atoms with van der Waals surface area (Å²) in [5.74, 6) is 0. The number of ether oxygens (including phenoxy) is 1. The molecule has 2 aromatic rings. The second kappa shape index (κ2) is 5.72. The van der Waals surface area contributed by atoms with E-state index >= 15 is 0 Å². The zero-order valence-corrected chi connectivity index (χ0v) is 13.9. The van der Waals surface area contributed by atoms with Crippen molar-refractivity contribution < 1.29 is 9.53 Å². The van der Waals surface area contributed by atoms with Gasteiger partial charge in [-0.15, -0.1) is 0 Å². The summed E-state index contributed by atoms with van der Waals surface area (Å²) >= 11 is 1.50. The predicted octanol–water partition coefficient (Wildman–Crippen LogP) is 4.32. The van der Waals surface area contributed by atoms with Crippen LogP contribution in [0.25, 0.3) is 15.7 Å². The average Bonchev–Trinajstić information content (AvgIpc) is 2.89. The van der Waals surface area contributed by atoms with Crippen molar-refractivity contribution in [2.24, 2.45) is 0 Å². The minimum absolute atomic E-state index is 0.252. The molecule has 1 aliphatic rings. The molecule has 1 aliphatic heterocycles. The van der Waals surface area contributed by atoms with Crippen LogP contribution in [-0.4, -0.2) is 34.1 Å². The molecular weight excluding hydrogens is 296 g/mol. The lowest BCUT2D eigenvalue weighted by molar-refractivity contribution is 0.0273. The third kappa shape index (κ3) is 3.14. The molecule has 1 aromatic heterocycles. The number of hydrogen-bond donors (Lipinski definition) is 0. The van der Waals surface area contributed by atoms with Gasteiger partial charge in [0.1, 0.15) is 5.60 Å². The molecule has 0 saturated heterocycles. The van der Waals surface area contributed by atoms with Gasteiger partial charge in [0.05, 0.1) is 16.9 Å². The highest BCUT2D eigenvalue weighted by molar-refractivity contribution is 7.13.